The van der Waals surface area contributed by atoms with Crippen LogP contribution in [0.5, 0.6) is 0 Å². The summed E-state index contributed by atoms with van der Waals surface area (Å²) < 4.78 is 0. The highest BCUT2D eigenvalue weighted by molar-refractivity contribution is 5.83. The third-order valence-corrected chi connectivity index (χ3v) is 3.23. The minimum atomic E-state index is -0.240. The van der Waals surface area contributed by atoms with Crippen molar-refractivity contribution in [2.75, 3.05) is 0 Å². The van der Waals surface area contributed by atoms with E-state index in [-0.39, 0.29) is 17.9 Å². The van der Waals surface area contributed by atoms with E-state index < -0.39 is 0 Å². The summed E-state index contributed by atoms with van der Waals surface area (Å²) in [6.45, 7) is 4.06. The van der Waals surface area contributed by atoms with Crippen LogP contribution >= 0.6 is 0 Å². The van der Waals surface area contributed by atoms with Gasteiger partial charge in [-0.25, -0.2) is 0 Å². The summed E-state index contributed by atoms with van der Waals surface area (Å²) in [4.78, 5) is 3.20. The molecule has 2 rings (SSSR count). The van der Waals surface area contributed by atoms with Crippen molar-refractivity contribution in [3.8, 4) is 6.07 Å². The smallest absolute Gasteiger partial charge is 0.0679 e. The maximum atomic E-state index is 9.20. The molecule has 0 bridgehead atoms. The highest BCUT2D eigenvalue weighted by atomic mass is 14.7. The van der Waals surface area contributed by atoms with Gasteiger partial charge < -0.3 is 10.7 Å². The topological polar surface area (TPSA) is 65.6 Å². The average Bonchev–Trinajstić information content (AvgIpc) is 2.72. The van der Waals surface area contributed by atoms with Crippen molar-refractivity contribution in [2.24, 2.45) is 17.6 Å². The summed E-state index contributed by atoms with van der Waals surface area (Å²) >= 11 is 0. The van der Waals surface area contributed by atoms with Crippen LogP contribution in [-0.4, -0.2) is 4.98 Å². The number of nitrogens with two attached hydrogens (primary N) is 1. The number of H-pyrrole nitrogens is 1. The fraction of sp³-hybridized carbons (Fsp3) is 0.357. The van der Waals surface area contributed by atoms with Gasteiger partial charge in [0, 0.05) is 23.1 Å². The third-order valence-electron chi connectivity index (χ3n) is 3.23. The number of rotatable bonds is 3. The van der Waals surface area contributed by atoms with E-state index in [9.17, 15) is 5.26 Å². The van der Waals surface area contributed by atoms with Gasteiger partial charge in [0.15, 0.2) is 0 Å². The van der Waals surface area contributed by atoms with E-state index in [2.05, 4.69) is 11.1 Å². The molecule has 0 spiro atoms. The Morgan fingerprint density at radius 1 is 1.29 bits per heavy atom. The molecule has 1 aromatic heterocycles. The first-order valence-corrected chi connectivity index (χ1v) is 5.86. The van der Waals surface area contributed by atoms with Gasteiger partial charge in [-0.3, -0.25) is 0 Å². The lowest BCUT2D eigenvalue weighted by molar-refractivity contribution is 0.405. The second kappa shape index (κ2) is 4.60. The number of nitrogens with zero attached hydrogens (tertiary/aromatic N) is 1. The highest BCUT2D eigenvalue weighted by Gasteiger charge is 2.24. The summed E-state index contributed by atoms with van der Waals surface area (Å²) in [5.74, 6) is 0.0952. The molecule has 0 amide bonds. The largest absolute Gasteiger partial charge is 0.361 e. The van der Waals surface area contributed by atoms with Crippen LogP contribution in [-0.2, 0) is 0 Å². The molecule has 0 saturated heterocycles. The standard InChI is InChI=1S/C14H17N3/c1-9(2)11(7-15)14(16)12-8-17-13-6-4-3-5-10(12)13/h3-6,8-9,11,14,17H,16H2,1-2H3. The van der Waals surface area contributed by atoms with Crippen LogP contribution in [0.4, 0.5) is 0 Å². The third kappa shape index (κ3) is 2.04. The maximum absolute atomic E-state index is 9.20. The number of nitriles is 1. The number of para-hydroxylation sites is 1. The van der Waals surface area contributed by atoms with Crippen LogP contribution in [0.25, 0.3) is 10.9 Å². The Balaban J connectivity index is 2.43. The van der Waals surface area contributed by atoms with Crippen molar-refractivity contribution in [2.45, 2.75) is 19.9 Å². The molecular formula is C14H17N3. The van der Waals surface area contributed by atoms with Gasteiger partial charge >= 0.3 is 0 Å². The molecule has 1 heterocycles. The first-order chi connectivity index (χ1) is 8.15. The van der Waals surface area contributed by atoms with Crippen molar-refractivity contribution in [3.63, 3.8) is 0 Å². The summed E-state index contributed by atoms with van der Waals surface area (Å²) in [6.07, 6.45) is 1.92. The van der Waals surface area contributed by atoms with Gasteiger partial charge in [0.2, 0.25) is 0 Å². The van der Waals surface area contributed by atoms with Crippen LogP contribution in [0.2, 0.25) is 0 Å². The quantitative estimate of drug-likeness (QED) is 0.846. The minimum absolute atomic E-state index is 0.158. The van der Waals surface area contributed by atoms with Crippen LogP contribution in [0.3, 0.4) is 0 Å². The second-order valence-corrected chi connectivity index (χ2v) is 4.71. The molecule has 3 nitrogen and oxygen atoms in total. The van der Waals surface area contributed by atoms with Crippen molar-refractivity contribution < 1.29 is 0 Å². The number of aromatic nitrogens is 1. The zero-order valence-electron chi connectivity index (χ0n) is 10.1. The number of hydrogen-bond donors (Lipinski definition) is 2. The number of benzene rings is 1. The average molecular weight is 227 g/mol. The predicted molar refractivity (Wildman–Crippen MR) is 69.2 cm³/mol. The van der Waals surface area contributed by atoms with E-state index in [0.717, 1.165) is 16.5 Å². The van der Waals surface area contributed by atoms with Gasteiger partial charge in [-0.15, -0.1) is 0 Å². The number of aromatic amines is 1. The Morgan fingerprint density at radius 2 is 2.00 bits per heavy atom. The van der Waals surface area contributed by atoms with Gasteiger partial charge in [0.1, 0.15) is 0 Å². The van der Waals surface area contributed by atoms with Crippen LogP contribution < -0.4 is 5.73 Å². The molecule has 3 N–H and O–H groups in total. The van der Waals surface area contributed by atoms with E-state index in [4.69, 9.17) is 5.73 Å². The number of nitrogens with one attached hydrogen (secondary N) is 1. The second-order valence-electron chi connectivity index (χ2n) is 4.71. The SMILES string of the molecule is CC(C)C(C#N)C(N)c1c[nH]c2ccccc12. The zero-order chi connectivity index (χ0) is 12.4. The molecule has 2 unspecified atom stereocenters. The Morgan fingerprint density at radius 3 is 2.65 bits per heavy atom. The van der Waals surface area contributed by atoms with Crippen molar-refractivity contribution in [1.29, 1.82) is 5.26 Å². The summed E-state index contributed by atoms with van der Waals surface area (Å²) in [7, 11) is 0. The lowest BCUT2D eigenvalue weighted by atomic mass is 9.86. The van der Waals surface area contributed by atoms with E-state index in [1.165, 1.54) is 0 Å². The number of hydrogen-bond acceptors (Lipinski definition) is 2. The molecule has 0 radical (unpaired) electrons. The van der Waals surface area contributed by atoms with E-state index in [0.29, 0.717) is 0 Å². The molecule has 1 aromatic carbocycles. The number of fused-ring (bicyclic) bond motifs is 1. The maximum Gasteiger partial charge on any atom is 0.0679 e. The minimum Gasteiger partial charge on any atom is -0.361 e. The lowest BCUT2D eigenvalue weighted by Crippen LogP contribution is -2.24. The normalized spacial score (nSPS) is 14.8. The Kier molecular flexibility index (Phi) is 3.16. The van der Waals surface area contributed by atoms with Gasteiger partial charge in [0.05, 0.1) is 12.0 Å². The zero-order valence-corrected chi connectivity index (χ0v) is 10.1. The summed E-state index contributed by atoms with van der Waals surface area (Å²) in [6, 6.07) is 10.1. The van der Waals surface area contributed by atoms with Crippen molar-refractivity contribution in [1.82, 2.24) is 4.98 Å². The molecular weight excluding hydrogens is 210 g/mol. The van der Waals surface area contributed by atoms with E-state index in [1.807, 2.05) is 44.3 Å². The fourth-order valence-electron chi connectivity index (χ4n) is 2.21. The lowest BCUT2D eigenvalue weighted by Gasteiger charge is -2.20. The van der Waals surface area contributed by atoms with E-state index in [1.54, 1.807) is 0 Å². The first kappa shape index (κ1) is 11.7. The van der Waals surface area contributed by atoms with Crippen LogP contribution in [0.15, 0.2) is 30.5 Å². The van der Waals surface area contributed by atoms with Crippen molar-refractivity contribution in [3.05, 3.63) is 36.0 Å². The molecule has 2 aromatic rings. The Bertz CT molecular complexity index is 548. The molecule has 0 saturated carbocycles. The van der Waals surface area contributed by atoms with Gasteiger partial charge in [0.25, 0.3) is 0 Å². The highest BCUT2D eigenvalue weighted by Crippen LogP contribution is 2.30. The van der Waals surface area contributed by atoms with Crippen molar-refractivity contribution >= 4 is 10.9 Å². The van der Waals surface area contributed by atoms with Gasteiger partial charge in [-0.2, -0.15) is 5.26 Å². The Hall–Kier alpha value is -1.79. The van der Waals surface area contributed by atoms with E-state index >= 15 is 0 Å². The summed E-state index contributed by atoms with van der Waals surface area (Å²) in [5.41, 5.74) is 8.32. The summed E-state index contributed by atoms with van der Waals surface area (Å²) in [5, 5.41) is 10.3. The Labute approximate surface area is 101 Å². The molecule has 0 aliphatic rings. The van der Waals surface area contributed by atoms with Crippen LogP contribution in [0.1, 0.15) is 25.5 Å². The van der Waals surface area contributed by atoms with Gasteiger partial charge in [-0.1, -0.05) is 32.0 Å². The molecule has 2 atom stereocenters. The van der Waals surface area contributed by atoms with Crippen LogP contribution in [0, 0.1) is 23.2 Å². The molecule has 88 valence electrons. The monoisotopic (exact) mass is 227 g/mol. The molecule has 0 aliphatic heterocycles. The molecule has 3 heteroatoms. The molecule has 17 heavy (non-hydrogen) atoms. The molecule has 0 fully saturated rings. The first-order valence-electron chi connectivity index (χ1n) is 5.86. The predicted octanol–water partition coefficient (Wildman–Crippen LogP) is 2.96. The van der Waals surface area contributed by atoms with Gasteiger partial charge in [-0.05, 0) is 17.5 Å². The molecule has 0 aliphatic carbocycles. The fourth-order valence-corrected chi connectivity index (χ4v) is 2.21.